The van der Waals surface area contributed by atoms with Crippen molar-refractivity contribution < 1.29 is 9.22 Å². The van der Waals surface area contributed by atoms with E-state index in [1.54, 1.807) is 11.8 Å². The summed E-state index contributed by atoms with van der Waals surface area (Å²) in [6, 6.07) is 38.7. The minimum absolute atomic E-state index is 0.0487. The third kappa shape index (κ3) is 5.79. The molecule has 3 heterocycles. The van der Waals surface area contributed by atoms with E-state index < -0.39 is 19.9 Å². The van der Waals surface area contributed by atoms with Gasteiger partial charge in [-0.25, -0.2) is 4.68 Å². The minimum atomic E-state index is -1.70. The van der Waals surface area contributed by atoms with E-state index in [4.69, 9.17) is 4.43 Å². The van der Waals surface area contributed by atoms with Crippen molar-refractivity contribution in [3.63, 3.8) is 0 Å². The van der Waals surface area contributed by atoms with Crippen molar-refractivity contribution >= 4 is 26.0 Å². The summed E-state index contributed by atoms with van der Waals surface area (Å²) in [7, 11) is -1.70. The van der Waals surface area contributed by atoms with Gasteiger partial charge in [0.15, 0.2) is 5.82 Å². The highest BCUT2D eigenvalue weighted by atomic mass is 32.2. The maximum absolute atomic E-state index is 14.4. The molecule has 2 fully saturated rings. The molecule has 8 nitrogen and oxygen atoms in total. The van der Waals surface area contributed by atoms with Crippen LogP contribution in [0.3, 0.4) is 0 Å². The van der Waals surface area contributed by atoms with E-state index in [0.29, 0.717) is 12.4 Å². The van der Waals surface area contributed by atoms with Crippen LogP contribution in [-0.2, 0) is 16.9 Å². The standard InChI is InChI=1S/C37H40N6O2SSi/c1-36(2)32(33-39-40-41-42(33)25-26-21-23-30(24-22-26)45-47(3,4)5)43-34(44)31(35(43)46-36)38-37(27-15-9-6-10-16-27,28-17-11-7-12-18-28)29-19-13-8-14-20-29/h6-24,31-32,35,38H,25H2,1-5H3/t31?,32?,35-/m1/s1. The van der Waals surface area contributed by atoms with E-state index in [1.165, 1.54) is 0 Å². The Hall–Kier alpha value is -4.25. The predicted octanol–water partition coefficient (Wildman–Crippen LogP) is 6.62. The van der Waals surface area contributed by atoms with E-state index in [1.807, 2.05) is 39.9 Å². The number of aromatic nitrogens is 4. The largest absolute Gasteiger partial charge is 0.544 e. The van der Waals surface area contributed by atoms with Crippen molar-refractivity contribution in [1.82, 2.24) is 30.4 Å². The quantitative estimate of drug-likeness (QED) is 0.102. The summed E-state index contributed by atoms with van der Waals surface area (Å²) in [5, 5.41) is 16.8. The number of thioether (sulfide) groups is 1. The van der Waals surface area contributed by atoms with Crippen molar-refractivity contribution in [2.75, 3.05) is 0 Å². The number of nitrogens with one attached hydrogen (secondary N) is 1. The van der Waals surface area contributed by atoms with E-state index in [-0.39, 0.29) is 22.1 Å². The number of hydrogen-bond acceptors (Lipinski definition) is 7. The molecule has 1 N–H and O–H groups in total. The van der Waals surface area contributed by atoms with Crippen LogP contribution in [-0.4, -0.2) is 55.5 Å². The summed E-state index contributed by atoms with van der Waals surface area (Å²) < 4.78 is 7.64. The molecule has 7 rings (SSSR count). The predicted molar refractivity (Wildman–Crippen MR) is 189 cm³/mol. The van der Waals surface area contributed by atoms with Crippen molar-refractivity contribution in [3.05, 3.63) is 143 Å². The van der Waals surface area contributed by atoms with Crippen LogP contribution in [0.1, 0.15) is 48.0 Å². The molecule has 2 unspecified atom stereocenters. The fourth-order valence-electron chi connectivity index (χ4n) is 6.92. The fourth-order valence-corrected chi connectivity index (χ4v) is 9.39. The number of tetrazole rings is 1. The molecule has 0 radical (unpaired) electrons. The molecule has 0 bridgehead atoms. The minimum Gasteiger partial charge on any atom is -0.544 e. The molecule has 5 aromatic rings. The molecule has 2 aliphatic heterocycles. The maximum Gasteiger partial charge on any atom is 0.244 e. The summed E-state index contributed by atoms with van der Waals surface area (Å²) in [6.07, 6.45) is 0. The number of nitrogens with zero attached hydrogens (tertiary/aromatic N) is 5. The molecule has 47 heavy (non-hydrogen) atoms. The summed E-state index contributed by atoms with van der Waals surface area (Å²) in [4.78, 5) is 16.4. The molecule has 2 aliphatic rings. The zero-order valence-corrected chi connectivity index (χ0v) is 29.2. The Balaban J connectivity index is 1.20. The number of amides is 1. The topological polar surface area (TPSA) is 85.2 Å². The lowest BCUT2D eigenvalue weighted by molar-refractivity contribution is -0.150. The molecule has 0 aliphatic carbocycles. The Morgan fingerprint density at radius 2 is 1.36 bits per heavy atom. The number of carbonyl (C=O) groups excluding carboxylic acids is 1. The van der Waals surface area contributed by atoms with Gasteiger partial charge >= 0.3 is 0 Å². The first-order valence-electron chi connectivity index (χ1n) is 16.1. The second-order valence-electron chi connectivity index (χ2n) is 13.8. The molecule has 10 heteroatoms. The molecule has 2 saturated heterocycles. The summed E-state index contributed by atoms with van der Waals surface area (Å²) in [5.41, 5.74) is 3.55. The first-order valence-corrected chi connectivity index (χ1v) is 20.3. The zero-order valence-electron chi connectivity index (χ0n) is 27.4. The Bertz CT molecular complexity index is 1750. The maximum atomic E-state index is 14.4. The molecular formula is C37H40N6O2SSi. The van der Waals surface area contributed by atoms with Crippen LogP contribution in [0, 0.1) is 0 Å². The number of carbonyl (C=O) groups is 1. The van der Waals surface area contributed by atoms with Crippen molar-refractivity contribution in [2.45, 2.75) is 67.8 Å². The number of β-lactam (4-membered cyclic amide) rings is 1. The summed E-state index contributed by atoms with van der Waals surface area (Å²) in [6.45, 7) is 11.4. The second-order valence-corrected chi connectivity index (χ2v) is 20.0. The Morgan fingerprint density at radius 3 is 1.87 bits per heavy atom. The van der Waals surface area contributed by atoms with E-state index in [0.717, 1.165) is 28.0 Å². The van der Waals surface area contributed by atoms with E-state index in [9.17, 15) is 4.79 Å². The summed E-state index contributed by atoms with van der Waals surface area (Å²) >= 11 is 1.81. The number of fused-ring (bicyclic) bond motifs is 1. The lowest BCUT2D eigenvalue weighted by atomic mass is 9.76. The Kier molecular flexibility index (Phi) is 8.06. The van der Waals surface area contributed by atoms with Gasteiger partial charge in [0.05, 0.1) is 12.1 Å². The summed E-state index contributed by atoms with van der Waals surface area (Å²) in [5.74, 6) is 1.62. The first kappa shape index (κ1) is 31.4. The SMILES string of the molecule is CC1(C)S[C@@H]2C(NC(c3ccccc3)(c3ccccc3)c3ccccc3)C(=O)N2C1c1nnnn1Cc1ccc(O[Si](C)(C)C)cc1. The van der Waals surface area contributed by atoms with Gasteiger partial charge in [-0.2, -0.15) is 0 Å². The average molecular weight is 661 g/mol. The number of benzene rings is 4. The molecular weight excluding hydrogens is 621 g/mol. The molecule has 1 amide bonds. The Labute approximate surface area is 281 Å². The van der Waals surface area contributed by atoms with Crippen molar-refractivity contribution in [3.8, 4) is 5.75 Å². The lowest BCUT2D eigenvalue weighted by Gasteiger charge is -2.49. The third-order valence-corrected chi connectivity index (χ3v) is 11.3. The highest BCUT2D eigenvalue weighted by Gasteiger charge is 2.64. The van der Waals surface area contributed by atoms with Gasteiger partial charge in [0.1, 0.15) is 23.2 Å². The van der Waals surface area contributed by atoms with Gasteiger partial charge in [0, 0.05) is 4.75 Å². The lowest BCUT2D eigenvalue weighted by Crippen LogP contribution is -2.70. The van der Waals surface area contributed by atoms with Gasteiger partial charge in [-0.1, -0.05) is 103 Å². The highest BCUT2D eigenvalue weighted by Crippen LogP contribution is 2.57. The van der Waals surface area contributed by atoms with Gasteiger partial charge < -0.3 is 9.33 Å². The molecule has 240 valence electrons. The normalized spacial score (nSPS) is 20.5. The van der Waals surface area contributed by atoms with E-state index >= 15 is 0 Å². The number of hydrogen-bond donors (Lipinski definition) is 1. The van der Waals surface area contributed by atoms with Crippen LogP contribution in [0.25, 0.3) is 0 Å². The monoisotopic (exact) mass is 660 g/mol. The zero-order chi connectivity index (χ0) is 32.8. The highest BCUT2D eigenvalue weighted by molar-refractivity contribution is 8.01. The van der Waals surface area contributed by atoms with Crippen LogP contribution in [0.4, 0.5) is 0 Å². The molecule has 3 atom stereocenters. The molecule has 1 aromatic heterocycles. The van der Waals surface area contributed by atoms with Crippen LogP contribution in [0.15, 0.2) is 115 Å². The van der Waals surface area contributed by atoms with Gasteiger partial charge in [0.2, 0.25) is 14.2 Å². The van der Waals surface area contributed by atoms with Gasteiger partial charge in [0.25, 0.3) is 0 Å². The molecule has 4 aromatic carbocycles. The van der Waals surface area contributed by atoms with Crippen LogP contribution >= 0.6 is 11.8 Å². The van der Waals surface area contributed by atoms with Crippen LogP contribution in [0.2, 0.25) is 19.6 Å². The second kappa shape index (κ2) is 12.1. The first-order chi connectivity index (χ1) is 22.6. The van der Waals surface area contributed by atoms with Gasteiger partial charge in [-0.05, 0) is 78.3 Å². The van der Waals surface area contributed by atoms with Crippen molar-refractivity contribution in [2.24, 2.45) is 0 Å². The van der Waals surface area contributed by atoms with E-state index in [2.05, 4.69) is 139 Å². The van der Waals surface area contributed by atoms with Crippen LogP contribution in [0.5, 0.6) is 5.75 Å². The van der Waals surface area contributed by atoms with Gasteiger partial charge in [-0.3, -0.25) is 10.1 Å². The average Bonchev–Trinajstić information content (AvgIpc) is 3.61. The molecule has 0 spiro atoms. The molecule has 0 saturated carbocycles. The van der Waals surface area contributed by atoms with Gasteiger partial charge in [-0.15, -0.1) is 16.9 Å². The van der Waals surface area contributed by atoms with Crippen LogP contribution < -0.4 is 9.74 Å². The van der Waals surface area contributed by atoms with Crippen molar-refractivity contribution in [1.29, 1.82) is 0 Å². The Morgan fingerprint density at radius 1 is 0.830 bits per heavy atom. The smallest absolute Gasteiger partial charge is 0.244 e. The fraction of sp³-hybridized carbons (Fsp3) is 0.297. The number of rotatable bonds is 10. The third-order valence-electron chi connectivity index (χ3n) is 8.92.